The second-order valence-electron chi connectivity index (χ2n) is 5.27. The van der Waals surface area contributed by atoms with Gasteiger partial charge in [-0.2, -0.15) is 0 Å². The highest BCUT2D eigenvalue weighted by Gasteiger charge is 2.26. The summed E-state index contributed by atoms with van der Waals surface area (Å²) in [6.45, 7) is 10.9. The van der Waals surface area contributed by atoms with Crippen molar-refractivity contribution < 1.29 is 4.79 Å². The van der Waals surface area contributed by atoms with Crippen molar-refractivity contribution in [1.29, 1.82) is 0 Å². The van der Waals surface area contributed by atoms with Gasteiger partial charge in [0.25, 0.3) is 0 Å². The molecule has 1 atom stereocenters. The number of carbonyl (C=O) groups is 1. The van der Waals surface area contributed by atoms with Gasteiger partial charge in [-0.25, -0.2) is 0 Å². The summed E-state index contributed by atoms with van der Waals surface area (Å²) in [6.07, 6.45) is 2.16. The van der Waals surface area contributed by atoms with E-state index in [1.807, 2.05) is 13.0 Å². The molecule has 0 spiro atoms. The minimum absolute atomic E-state index is 0.668. The molecule has 1 fully saturated rings. The third-order valence-electron chi connectivity index (χ3n) is 4.24. The number of hydrogen-bond acceptors (Lipinski definition) is 3. The lowest BCUT2D eigenvalue weighted by Crippen LogP contribution is -2.37. The lowest BCUT2D eigenvalue weighted by molar-refractivity contribution is 0.112. The summed E-state index contributed by atoms with van der Waals surface area (Å²) in [5, 5.41) is 0. The van der Waals surface area contributed by atoms with Crippen LogP contribution in [0.2, 0.25) is 0 Å². The molecule has 0 amide bonds. The first-order chi connectivity index (χ1) is 9.19. The van der Waals surface area contributed by atoms with Crippen molar-refractivity contribution >= 4 is 12.0 Å². The standard InChI is InChI=1S/C16H24N2O/c1-4-17(5-2)16-8-9-18(11-16)15-7-6-14(12-19)13(3)10-15/h6-7,10,12,16H,4-5,8-9,11H2,1-3H3. The predicted octanol–water partition coefficient (Wildman–Crippen LogP) is 2.73. The molecule has 1 aromatic rings. The monoisotopic (exact) mass is 260 g/mol. The van der Waals surface area contributed by atoms with Crippen LogP contribution in [0.15, 0.2) is 18.2 Å². The predicted molar refractivity (Wildman–Crippen MR) is 80.1 cm³/mol. The fourth-order valence-corrected chi connectivity index (χ4v) is 3.00. The van der Waals surface area contributed by atoms with Crippen molar-refractivity contribution in [1.82, 2.24) is 4.90 Å². The SMILES string of the molecule is CCN(CC)C1CCN(c2ccc(C=O)c(C)c2)C1. The molecule has 0 aliphatic carbocycles. The molecule has 1 saturated heterocycles. The van der Waals surface area contributed by atoms with Gasteiger partial charge in [-0.05, 0) is 50.2 Å². The van der Waals surface area contributed by atoms with Crippen LogP contribution in [0.4, 0.5) is 5.69 Å². The first kappa shape index (κ1) is 14.1. The molecule has 3 nitrogen and oxygen atoms in total. The third-order valence-corrected chi connectivity index (χ3v) is 4.24. The topological polar surface area (TPSA) is 23.6 Å². The number of rotatable bonds is 5. The summed E-state index contributed by atoms with van der Waals surface area (Å²) in [5.41, 5.74) is 3.11. The van der Waals surface area contributed by atoms with Gasteiger partial charge in [0.1, 0.15) is 6.29 Å². The molecule has 1 unspecified atom stereocenters. The van der Waals surface area contributed by atoms with E-state index in [0.29, 0.717) is 6.04 Å². The fraction of sp³-hybridized carbons (Fsp3) is 0.562. The Kier molecular flexibility index (Phi) is 4.59. The minimum Gasteiger partial charge on any atom is -0.370 e. The average Bonchev–Trinajstić information content (AvgIpc) is 2.90. The summed E-state index contributed by atoms with van der Waals surface area (Å²) in [7, 11) is 0. The van der Waals surface area contributed by atoms with Crippen molar-refractivity contribution in [3.63, 3.8) is 0 Å². The molecule has 1 aliphatic heterocycles. The Morgan fingerprint density at radius 3 is 2.68 bits per heavy atom. The van der Waals surface area contributed by atoms with Crippen LogP contribution in [0.25, 0.3) is 0 Å². The highest BCUT2D eigenvalue weighted by Crippen LogP contribution is 2.24. The van der Waals surface area contributed by atoms with Gasteiger partial charge >= 0.3 is 0 Å². The number of anilines is 1. The number of aldehydes is 1. The molecule has 19 heavy (non-hydrogen) atoms. The molecular formula is C16H24N2O. The first-order valence-electron chi connectivity index (χ1n) is 7.24. The van der Waals surface area contributed by atoms with Crippen LogP contribution in [0.3, 0.4) is 0 Å². The maximum Gasteiger partial charge on any atom is 0.150 e. The molecule has 104 valence electrons. The first-order valence-corrected chi connectivity index (χ1v) is 7.24. The zero-order chi connectivity index (χ0) is 13.8. The second kappa shape index (κ2) is 6.20. The zero-order valence-electron chi connectivity index (χ0n) is 12.2. The van der Waals surface area contributed by atoms with Crippen molar-refractivity contribution in [3.05, 3.63) is 29.3 Å². The maximum absolute atomic E-state index is 10.9. The summed E-state index contributed by atoms with van der Waals surface area (Å²) >= 11 is 0. The maximum atomic E-state index is 10.9. The van der Waals surface area contributed by atoms with Crippen LogP contribution in [0, 0.1) is 6.92 Å². The lowest BCUT2D eigenvalue weighted by atomic mass is 10.1. The van der Waals surface area contributed by atoms with E-state index < -0.39 is 0 Å². The number of aryl methyl sites for hydroxylation is 1. The quantitative estimate of drug-likeness (QED) is 0.761. The van der Waals surface area contributed by atoms with Crippen LogP contribution in [-0.4, -0.2) is 43.4 Å². The molecule has 2 rings (SSSR count). The smallest absolute Gasteiger partial charge is 0.150 e. The van der Waals surface area contributed by atoms with Gasteiger partial charge in [-0.3, -0.25) is 9.69 Å². The summed E-state index contributed by atoms with van der Waals surface area (Å²) in [4.78, 5) is 15.8. The Morgan fingerprint density at radius 2 is 2.11 bits per heavy atom. The number of benzene rings is 1. The Hall–Kier alpha value is -1.35. The fourth-order valence-electron chi connectivity index (χ4n) is 3.00. The van der Waals surface area contributed by atoms with Gasteiger partial charge in [0.2, 0.25) is 0 Å². The molecule has 0 bridgehead atoms. The van der Waals surface area contributed by atoms with E-state index in [1.54, 1.807) is 0 Å². The normalized spacial score (nSPS) is 19.2. The molecule has 0 radical (unpaired) electrons. The molecule has 0 N–H and O–H groups in total. The van der Waals surface area contributed by atoms with E-state index in [1.165, 1.54) is 12.1 Å². The highest BCUT2D eigenvalue weighted by atomic mass is 16.1. The number of likely N-dealkylation sites (N-methyl/N-ethyl adjacent to an activating group) is 1. The van der Waals surface area contributed by atoms with E-state index in [-0.39, 0.29) is 0 Å². The van der Waals surface area contributed by atoms with Gasteiger partial charge in [0.15, 0.2) is 0 Å². The van der Waals surface area contributed by atoms with E-state index in [2.05, 4.69) is 35.8 Å². The van der Waals surface area contributed by atoms with Crippen LogP contribution >= 0.6 is 0 Å². The van der Waals surface area contributed by atoms with Crippen LogP contribution in [-0.2, 0) is 0 Å². The van der Waals surface area contributed by atoms with Gasteiger partial charge in [0, 0.05) is 30.4 Å². The zero-order valence-corrected chi connectivity index (χ0v) is 12.2. The second-order valence-corrected chi connectivity index (χ2v) is 5.27. The van der Waals surface area contributed by atoms with Gasteiger partial charge < -0.3 is 4.90 Å². The van der Waals surface area contributed by atoms with Gasteiger partial charge in [0.05, 0.1) is 0 Å². The Labute approximate surface area is 116 Å². The van der Waals surface area contributed by atoms with Crippen molar-refractivity contribution in [3.8, 4) is 0 Å². The van der Waals surface area contributed by atoms with Crippen LogP contribution in [0.1, 0.15) is 36.2 Å². The van der Waals surface area contributed by atoms with Crippen molar-refractivity contribution in [2.75, 3.05) is 31.1 Å². The number of nitrogens with zero attached hydrogens (tertiary/aromatic N) is 2. The lowest BCUT2D eigenvalue weighted by Gasteiger charge is -2.26. The van der Waals surface area contributed by atoms with Crippen LogP contribution in [0.5, 0.6) is 0 Å². The average molecular weight is 260 g/mol. The summed E-state index contributed by atoms with van der Waals surface area (Å²) < 4.78 is 0. The van der Waals surface area contributed by atoms with E-state index in [4.69, 9.17) is 0 Å². The van der Waals surface area contributed by atoms with E-state index >= 15 is 0 Å². The van der Waals surface area contributed by atoms with Gasteiger partial charge in [-0.1, -0.05) is 13.8 Å². The van der Waals surface area contributed by atoms with E-state index in [0.717, 1.165) is 43.6 Å². The molecule has 1 heterocycles. The largest absolute Gasteiger partial charge is 0.370 e. The Bertz CT molecular complexity index is 440. The molecular weight excluding hydrogens is 236 g/mol. The van der Waals surface area contributed by atoms with E-state index in [9.17, 15) is 4.79 Å². The molecule has 3 heteroatoms. The molecule has 0 aromatic heterocycles. The highest BCUT2D eigenvalue weighted by molar-refractivity contribution is 5.78. The Morgan fingerprint density at radius 1 is 1.37 bits per heavy atom. The minimum atomic E-state index is 0.668. The van der Waals surface area contributed by atoms with Crippen LogP contribution < -0.4 is 4.90 Å². The summed E-state index contributed by atoms with van der Waals surface area (Å²) in [5.74, 6) is 0. The number of hydrogen-bond donors (Lipinski definition) is 0. The molecule has 0 saturated carbocycles. The summed E-state index contributed by atoms with van der Waals surface area (Å²) in [6, 6.07) is 6.80. The van der Waals surface area contributed by atoms with Gasteiger partial charge in [-0.15, -0.1) is 0 Å². The van der Waals surface area contributed by atoms with Crippen molar-refractivity contribution in [2.45, 2.75) is 33.2 Å². The number of carbonyl (C=O) groups excluding carboxylic acids is 1. The molecule has 1 aliphatic rings. The van der Waals surface area contributed by atoms with Crippen molar-refractivity contribution in [2.24, 2.45) is 0 Å². The third kappa shape index (κ3) is 2.98. The molecule has 1 aromatic carbocycles. The Balaban J connectivity index is 2.08.